The highest BCUT2D eigenvalue weighted by atomic mass is 127. The van der Waals surface area contributed by atoms with E-state index >= 15 is 0 Å². The summed E-state index contributed by atoms with van der Waals surface area (Å²) in [6, 6.07) is 0. The molecule has 0 aromatic carbocycles. The molecule has 0 bridgehead atoms. The zero-order chi connectivity index (χ0) is 7.49. The van der Waals surface area contributed by atoms with Gasteiger partial charge in [0, 0.05) is 4.43 Å². The van der Waals surface area contributed by atoms with Gasteiger partial charge in [0.2, 0.25) is 0 Å². The largest absolute Gasteiger partial charge is 0.387 e. The Labute approximate surface area is 68.8 Å². The van der Waals surface area contributed by atoms with Crippen molar-refractivity contribution in [3.8, 4) is 0 Å². The van der Waals surface area contributed by atoms with Gasteiger partial charge >= 0.3 is 0 Å². The Morgan fingerprint density at radius 2 is 2.11 bits per heavy atom. The monoisotopic (exact) mass is 246 g/mol. The molecule has 0 radical (unpaired) electrons. The van der Waals surface area contributed by atoms with Crippen molar-refractivity contribution >= 4 is 22.6 Å². The van der Waals surface area contributed by atoms with E-state index < -0.39 is 11.8 Å². The van der Waals surface area contributed by atoms with Gasteiger partial charge in [0.05, 0.1) is 5.60 Å². The molecule has 0 unspecified atom stereocenters. The summed E-state index contributed by atoms with van der Waals surface area (Å²) in [7, 11) is 0. The van der Waals surface area contributed by atoms with Gasteiger partial charge in [0.25, 0.3) is 0 Å². The normalized spacial score (nSPS) is 15.7. The van der Waals surface area contributed by atoms with E-state index in [1.54, 1.807) is 0 Å². The molecule has 1 N–H and O–H groups in total. The van der Waals surface area contributed by atoms with E-state index in [1.165, 1.54) is 13.8 Å². The average molecular weight is 246 g/mol. The second kappa shape index (κ2) is 3.71. The maximum atomic E-state index is 12.7. The van der Waals surface area contributed by atoms with Gasteiger partial charge in [-0.05, 0) is 20.3 Å². The highest BCUT2D eigenvalue weighted by Gasteiger charge is 2.25. The summed E-state index contributed by atoms with van der Waals surface area (Å²) in [6.45, 7) is 2.98. The van der Waals surface area contributed by atoms with E-state index in [9.17, 15) is 4.39 Å². The van der Waals surface area contributed by atoms with Crippen molar-refractivity contribution < 1.29 is 9.50 Å². The zero-order valence-electron chi connectivity index (χ0n) is 5.69. The number of aliphatic hydroxyl groups is 1. The van der Waals surface area contributed by atoms with Gasteiger partial charge in [0.1, 0.15) is 6.17 Å². The lowest BCUT2D eigenvalue weighted by Crippen LogP contribution is -2.32. The Morgan fingerprint density at radius 1 is 1.67 bits per heavy atom. The summed E-state index contributed by atoms with van der Waals surface area (Å²) in [4.78, 5) is 0. The molecule has 0 aliphatic heterocycles. The quantitative estimate of drug-likeness (QED) is 0.595. The number of halogens is 2. The molecule has 0 aliphatic rings. The fraction of sp³-hybridized carbons (Fsp3) is 1.00. The predicted molar refractivity (Wildman–Crippen MR) is 44.7 cm³/mol. The van der Waals surface area contributed by atoms with Gasteiger partial charge in [-0.3, -0.25) is 0 Å². The molecule has 0 aromatic heterocycles. The van der Waals surface area contributed by atoms with Gasteiger partial charge in [-0.25, -0.2) is 4.39 Å². The Kier molecular flexibility index (Phi) is 3.96. The predicted octanol–water partition coefficient (Wildman–Crippen LogP) is 1.92. The third-order valence-electron chi connectivity index (χ3n) is 1.13. The topological polar surface area (TPSA) is 20.2 Å². The number of rotatable bonds is 3. The lowest BCUT2D eigenvalue weighted by atomic mass is 10.0. The molecule has 0 saturated carbocycles. The van der Waals surface area contributed by atoms with Crippen molar-refractivity contribution in [1.29, 1.82) is 0 Å². The third-order valence-corrected chi connectivity index (χ3v) is 1.75. The fourth-order valence-corrected chi connectivity index (χ4v) is 0.996. The summed E-state index contributed by atoms with van der Waals surface area (Å²) >= 11 is 2.09. The highest BCUT2D eigenvalue weighted by Crippen LogP contribution is 2.16. The van der Waals surface area contributed by atoms with Crippen LogP contribution in [0.2, 0.25) is 0 Å². The molecule has 56 valence electrons. The summed E-state index contributed by atoms with van der Waals surface area (Å²) in [6.07, 6.45) is -0.654. The minimum atomic E-state index is -1.16. The average Bonchev–Trinajstić information content (AvgIpc) is 1.64. The van der Waals surface area contributed by atoms with Crippen LogP contribution in [0.1, 0.15) is 20.3 Å². The first-order valence-corrected chi connectivity index (χ1v) is 4.43. The molecule has 0 heterocycles. The van der Waals surface area contributed by atoms with Crippen molar-refractivity contribution in [1.82, 2.24) is 0 Å². The van der Waals surface area contributed by atoms with Crippen LogP contribution in [0.5, 0.6) is 0 Å². The second-order valence-corrected chi connectivity index (χ2v) is 3.68. The van der Waals surface area contributed by atoms with Crippen LogP contribution in [0.3, 0.4) is 0 Å². The summed E-state index contributed by atoms with van der Waals surface area (Å²) in [5.41, 5.74) is -1.16. The Balaban J connectivity index is 3.59. The lowest BCUT2D eigenvalue weighted by molar-refractivity contribution is -0.00356. The number of hydrogen-bond donors (Lipinski definition) is 1. The van der Waals surface area contributed by atoms with E-state index in [1.807, 2.05) is 0 Å². The van der Waals surface area contributed by atoms with Crippen LogP contribution in [0, 0.1) is 0 Å². The molecule has 0 amide bonds. The number of hydrogen-bond acceptors (Lipinski definition) is 1. The van der Waals surface area contributed by atoms with Crippen molar-refractivity contribution in [3.05, 3.63) is 0 Å². The Hall–Kier alpha value is 0.620. The maximum absolute atomic E-state index is 12.7. The van der Waals surface area contributed by atoms with Crippen molar-refractivity contribution in [2.24, 2.45) is 0 Å². The Bertz CT molecular complexity index is 79.6. The van der Waals surface area contributed by atoms with Crippen LogP contribution >= 0.6 is 22.6 Å². The SMILES string of the molecule is CC(C)(O)[C@H](F)CCI. The first kappa shape index (κ1) is 9.62. The molecule has 1 nitrogen and oxygen atoms in total. The van der Waals surface area contributed by atoms with Gasteiger partial charge in [-0.15, -0.1) is 0 Å². The van der Waals surface area contributed by atoms with Crippen LogP contribution < -0.4 is 0 Å². The molecule has 0 spiro atoms. The van der Waals surface area contributed by atoms with Crippen molar-refractivity contribution in [2.75, 3.05) is 4.43 Å². The van der Waals surface area contributed by atoms with Crippen LogP contribution in [-0.2, 0) is 0 Å². The smallest absolute Gasteiger partial charge is 0.129 e. The molecule has 3 heteroatoms. The van der Waals surface area contributed by atoms with E-state index in [4.69, 9.17) is 5.11 Å². The van der Waals surface area contributed by atoms with Gasteiger partial charge in [-0.1, -0.05) is 22.6 Å². The molecule has 0 aliphatic carbocycles. The minimum absolute atomic E-state index is 0.435. The third kappa shape index (κ3) is 4.08. The van der Waals surface area contributed by atoms with E-state index in [-0.39, 0.29) is 0 Å². The summed E-state index contributed by atoms with van der Waals surface area (Å²) < 4.78 is 13.4. The van der Waals surface area contributed by atoms with Crippen LogP contribution in [0.25, 0.3) is 0 Å². The van der Waals surface area contributed by atoms with E-state index in [0.717, 1.165) is 4.43 Å². The standard InChI is InChI=1S/C6H12FIO/c1-6(2,9)5(7)3-4-8/h5,9H,3-4H2,1-2H3/t5-/m1/s1. The summed E-state index contributed by atoms with van der Waals surface area (Å²) in [5.74, 6) is 0. The van der Waals surface area contributed by atoms with Crippen LogP contribution in [0.15, 0.2) is 0 Å². The van der Waals surface area contributed by atoms with Crippen molar-refractivity contribution in [2.45, 2.75) is 32.0 Å². The minimum Gasteiger partial charge on any atom is -0.387 e. The van der Waals surface area contributed by atoms with E-state index in [2.05, 4.69) is 22.6 Å². The second-order valence-electron chi connectivity index (χ2n) is 2.60. The Morgan fingerprint density at radius 3 is 2.22 bits per heavy atom. The molecule has 9 heavy (non-hydrogen) atoms. The lowest BCUT2D eigenvalue weighted by Gasteiger charge is -2.21. The molecule has 1 atom stereocenters. The van der Waals surface area contributed by atoms with Crippen molar-refractivity contribution in [3.63, 3.8) is 0 Å². The molecule has 0 fully saturated rings. The van der Waals surface area contributed by atoms with Gasteiger partial charge < -0.3 is 5.11 Å². The molecule has 0 rings (SSSR count). The van der Waals surface area contributed by atoms with Crippen LogP contribution in [0.4, 0.5) is 4.39 Å². The maximum Gasteiger partial charge on any atom is 0.129 e. The zero-order valence-corrected chi connectivity index (χ0v) is 7.85. The fourth-order valence-electron chi connectivity index (χ4n) is 0.449. The number of alkyl halides is 2. The van der Waals surface area contributed by atoms with Crippen LogP contribution in [-0.4, -0.2) is 21.3 Å². The molecule has 0 aromatic rings. The van der Waals surface area contributed by atoms with Gasteiger partial charge in [-0.2, -0.15) is 0 Å². The molecular formula is C6H12FIO. The van der Waals surface area contributed by atoms with Gasteiger partial charge in [0.15, 0.2) is 0 Å². The molecular weight excluding hydrogens is 234 g/mol. The highest BCUT2D eigenvalue weighted by molar-refractivity contribution is 14.1. The first-order valence-electron chi connectivity index (χ1n) is 2.91. The summed E-state index contributed by atoms with van der Waals surface area (Å²) in [5, 5.41) is 9.04. The molecule has 0 saturated heterocycles. The van der Waals surface area contributed by atoms with E-state index in [0.29, 0.717) is 6.42 Å². The first-order chi connectivity index (χ1) is 3.98.